The van der Waals surface area contributed by atoms with Crippen molar-refractivity contribution < 1.29 is 19.1 Å². The lowest BCUT2D eigenvalue weighted by Gasteiger charge is -2.37. The largest absolute Gasteiger partial charge is 0.466 e. The molecule has 1 aliphatic rings. The van der Waals surface area contributed by atoms with Crippen LogP contribution in [0.3, 0.4) is 0 Å². The summed E-state index contributed by atoms with van der Waals surface area (Å²) in [6.07, 6.45) is 6.36. The van der Waals surface area contributed by atoms with E-state index >= 15 is 0 Å². The number of aromatic nitrogens is 4. The number of nitrogens with zero attached hydrogens (tertiary/aromatic N) is 5. The third-order valence-corrected chi connectivity index (χ3v) is 8.60. The number of fused-ring (bicyclic) bond motifs is 1. The fourth-order valence-electron chi connectivity index (χ4n) is 4.52. The van der Waals surface area contributed by atoms with Gasteiger partial charge in [0.25, 0.3) is 0 Å². The van der Waals surface area contributed by atoms with Crippen molar-refractivity contribution in [3.05, 3.63) is 46.7 Å². The predicted molar refractivity (Wildman–Crippen MR) is 155 cm³/mol. The number of amides is 2. The van der Waals surface area contributed by atoms with Crippen molar-refractivity contribution in [1.29, 1.82) is 0 Å². The molecule has 0 radical (unpaired) electrons. The number of ether oxygens (including phenoxy) is 1. The highest BCUT2D eigenvalue weighted by Gasteiger charge is 2.38. The minimum atomic E-state index is -0.499. The molecule has 1 aliphatic heterocycles. The van der Waals surface area contributed by atoms with Gasteiger partial charge in [0, 0.05) is 54.7 Å². The Morgan fingerprint density at radius 3 is 2.48 bits per heavy atom. The minimum Gasteiger partial charge on any atom is -0.466 e. The molecule has 1 saturated heterocycles. The second-order valence-corrected chi connectivity index (χ2v) is 11.5. The van der Waals surface area contributed by atoms with Gasteiger partial charge in [0.05, 0.1) is 22.2 Å². The van der Waals surface area contributed by atoms with E-state index in [0.29, 0.717) is 71.0 Å². The number of thiazole rings is 2. The average molecular weight is 580 g/mol. The van der Waals surface area contributed by atoms with E-state index in [1.807, 2.05) is 26.8 Å². The van der Waals surface area contributed by atoms with Crippen LogP contribution in [0.25, 0.3) is 21.3 Å². The first kappa shape index (κ1) is 27.6. The lowest BCUT2D eigenvalue weighted by Crippen LogP contribution is -2.44. The van der Waals surface area contributed by atoms with Crippen molar-refractivity contribution in [2.45, 2.75) is 33.6 Å². The van der Waals surface area contributed by atoms with Gasteiger partial charge in [-0.3, -0.25) is 14.9 Å². The van der Waals surface area contributed by atoms with Crippen LogP contribution in [0.15, 0.2) is 36.1 Å². The van der Waals surface area contributed by atoms with Crippen molar-refractivity contribution in [2.75, 3.05) is 36.5 Å². The summed E-state index contributed by atoms with van der Waals surface area (Å²) in [7, 11) is 0. The average Bonchev–Trinajstić information content (AvgIpc) is 3.63. The summed E-state index contributed by atoms with van der Waals surface area (Å²) in [6.45, 7) is 7.74. The van der Waals surface area contributed by atoms with Crippen molar-refractivity contribution in [3.8, 4) is 11.1 Å². The number of urea groups is 1. The third kappa shape index (κ3) is 5.65. The number of benzene rings is 1. The van der Waals surface area contributed by atoms with Crippen LogP contribution in [0.1, 0.15) is 49.0 Å². The lowest BCUT2D eigenvalue weighted by molar-refractivity contribution is -0.155. The van der Waals surface area contributed by atoms with Crippen LogP contribution in [-0.4, -0.2) is 64.0 Å². The molecule has 3 aromatic heterocycles. The van der Waals surface area contributed by atoms with Crippen LogP contribution in [0.5, 0.6) is 0 Å². The van der Waals surface area contributed by atoms with Gasteiger partial charge in [-0.05, 0) is 51.3 Å². The molecule has 0 saturated carbocycles. The molecule has 0 unspecified atom stereocenters. The molecule has 0 spiro atoms. The van der Waals surface area contributed by atoms with Gasteiger partial charge in [-0.15, -0.1) is 11.3 Å². The number of ketones is 1. The molecule has 5 rings (SSSR count). The summed E-state index contributed by atoms with van der Waals surface area (Å²) in [5, 5.41) is 7.93. The van der Waals surface area contributed by atoms with Crippen molar-refractivity contribution in [1.82, 2.24) is 25.3 Å². The van der Waals surface area contributed by atoms with Crippen LogP contribution in [-0.2, 0) is 9.53 Å². The van der Waals surface area contributed by atoms with Crippen molar-refractivity contribution in [2.24, 2.45) is 5.41 Å². The molecule has 2 N–H and O–H groups in total. The maximum absolute atomic E-state index is 13.4. The summed E-state index contributed by atoms with van der Waals surface area (Å²) < 4.78 is 5.92. The van der Waals surface area contributed by atoms with E-state index in [1.54, 1.807) is 30.0 Å². The molecule has 4 heterocycles. The summed E-state index contributed by atoms with van der Waals surface area (Å²) in [4.78, 5) is 57.8. The number of rotatable bonds is 8. The Hall–Kier alpha value is -3.97. The second kappa shape index (κ2) is 11.6. The van der Waals surface area contributed by atoms with E-state index in [4.69, 9.17) is 4.74 Å². The first-order chi connectivity index (χ1) is 19.3. The molecule has 208 valence electrons. The van der Waals surface area contributed by atoms with E-state index in [0.717, 1.165) is 11.1 Å². The number of carbonyl (C=O) groups is 3. The van der Waals surface area contributed by atoms with Gasteiger partial charge < -0.3 is 15.0 Å². The quantitative estimate of drug-likeness (QED) is 0.224. The Labute approximate surface area is 239 Å². The maximum atomic E-state index is 13.4. The second-order valence-electron chi connectivity index (χ2n) is 9.58. The van der Waals surface area contributed by atoms with Crippen LogP contribution >= 0.6 is 22.7 Å². The zero-order valence-corrected chi connectivity index (χ0v) is 24.0. The molecule has 0 bridgehead atoms. The normalized spacial score (nSPS) is 14.6. The summed E-state index contributed by atoms with van der Waals surface area (Å²) in [6, 6.07) is 3.29. The summed E-state index contributed by atoms with van der Waals surface area (Å²) >= 11 is 2.50. The van der Waals surface area contributed by atoms with E-state index < -0.39 is 5.41 Å². The fourth-order valence-corrected chi connectivity index (χ4v) is 6.06. The fraction of sp³-hybridized carbons (Fsp3) is 0.370. The molecule has 2 amide bonds. The van der Waals surface area contributed by atoms with Gasteiger partial charge >= 0.3 is 12.0 Å². The predicted octanol–water partition coefficient (Wildman–Crippen LogP) is 4.75. The Morgan fingerprint density at radius 2 is 1.82 bits per heavy atom. The van der Waals surface area contributed by atoms with Gasteiger partial charge in [-0.1, -0.05) is 11.3 Å². The van der Waals surface area contributed by atoms with Crippen LogP contribution in [0.4, 0.5) is 15.9 Å². The zero-order valence-electron chi connectivity index (χ0n) is 22.4. The zero-order chi connectivity index (χ0) is 28.3. The van der Waals surface area contributed by atoms with Crippen molar-refractivity contribution >= 4 is 61.8 Å². The Kier molecular flexibility index (Phi) is 8.03. The molecule has 0 atom stereocenters. The topological polar surface area (TPSA) is 139 Å². The SMILES string of the molecule is CCNC(=O)Nc1nc2cc(-c3cnc(N4CCC(C)(C(=O)OCC)CC4)nc3)cc(C(=O)c3nccs3)c2s1. The summed E-state index contributed by atoms with van der Waals surface area (Å²) in [5.74, 6) is 0.207. The molecule has 13 heteroatoms. The van der Waals surface area contributed by atoms with Crippen LogP contribution in [0, 0.1) is 5.41 Å². The molecular weight excluding hydrogens is 550 g/mol. The Morgan fingerprint density at radius 1 is 1.07 bits per heavy atom. The number of esters is 1. The van der Waals surface area contributed by atoms with Crippen LogP contribution < -0.4 is 15.5 Å². The van der Waals surface area contributed by atoms with Gasteiger partial charge in [-0.2, -0.15) is 0 Å². The number of hydrogen-bond acceptors (Lipinski definition) is 11. The molecule has 11 nitrogen and oxygen atoms in total. The summed E-state index contributed by atoms with van der Waals surface area (Å²) in [5.41, 5.74) is 1.97. The third-order valence-electron chi connectivity index (χ3n) is 6.81. The number of hydrogen-bond donors (Lipinski definition) is 2. The standard InChI is InChI=1S/C27H29N7O4S2/c1-4-28-25(37)33-26-32-19-13-16(12-18(21(19)40-26)20(35)22-29-8-11-39-22)17-14-30-24(31-15-17)34-9-6-27(3,7-10-34)23(36)38-5-2/h8,11-15H,4-7,9-10H2,1-3H3,(H2,28,32,33,37). The van der Waals surface area contributed by atoms with E-state index in [2.05, 4.69) is 35.5 Å². The molecule has 1 aromatic carbocycles. The van der Waals surface area contributed by atoms with E-state index in [-0.39, 0.29) is 17.8 Å². The molecule has 1 fully saturated rings. The van der Waals surface area contributed by atoms with Crippen molar-refractivity contribution in [3.63, 3.8) is 0 Å². The van der Waals surface area contributed by atoms with E-state index in [9.17, 15) is 14.4 Å². The number of nitrogens with one attached hydrogen (secondary N) is 2. The Bertz CT molecular complexity index is 1530. The first-order valence-corrected chi connectivity index (χ1v) is 14.7. The highest BCUT2D eigenvalue weighted by atomic mass is 32.1. The van der Waals surface area contributed by atoms with E-state index in [1.165, 1.54) is 22.7 Å². The van der Waals surface area contributed by atoms with Gasteiger partial charge in [0.1, 0.15) is 0 Å². The van der Waals surface area contributed by atoms with Gasteiger partial charge in [0.15, 0.2) is 10.1 Å². The first-order valence-electron chi connectivity index (χ1n) is 13.0. The molecule has 40 heavy (non-hydrogen) atoms. The molecular formula is C27H29N7O4S2. The Balaban J connectivity index is 1.42. The van der Waals surface area contributed by atoms with Gasteiger partial charge in [-0.25, -0.2) is 24.7 Å². The van der Waals surface area contributed by atoms with Crippen LogP contribution in [0.2, 0.25) is 0 Å². The molecule has 0 aliphatic carbocycles. The highest BCUT2D eigenvalue weighted by Crippen LogP contribution is 2.36. The van der Waals surface area contributed by atoms with Gasteiger partial charge in [0.2, 0.25) is 11.7 Å². The monoisotopic (exact) mass is 579 g/mol. The lowest BCUT2D eigenvalue weighted by atomic mass is 9.80. The number of piperidine rings is 1. The number of carbonyl (C=O) groups excluding carboxylic acids is 3. The smallest absolute Gasteiger partial charge is 0.321 e. The highest BCUT2D eigenvalue weighted by molar-refractivity contribution is 7.22. The number of anilines is 2. The molecule has 4 aromatic rings. The minimum absolute atomic E-state index is 0.157. The maximum Gasteiger partial charge on any atom is 0.321 e.